The molecule has 0 aromatic heterocycles. The van der Waals surface area contributed by atoms with Crippen LogP contribution in [0.4, 0.5) is 0 Å². The summed E-state index contributed by atoms with van der Waals surface area (Å²) >= 11 is 0. The van der Waals surface area contributed by atoms with Crippen LogP contribution in [0.25, 0.3) is 0 Å². The van der Waals surface area contributed by atoms with Gasteiger partial charge >= 0.3 is 0 Å². The third kappa shape index (κ3) is 4.30. The van der Waals surface area contributed by atoms with E-state index in [-0.39, 0.29) is 0 Å². The van der Waals surface area contributed by atoms with E-state index in [1.807, 2.05) is 0 Å². The molecule has 0 amide bonds. The van der Waals surface area contributed by atoms with E-state index in [1.165, 1.54) is 5.56 Å². The van der Waals surface area contributed by atoms with Crippen molar-refractivity contribution in [3.05, 3.63) is 35.9 Å². The summed E-state index contributed by atoms with van der Waals surface area (Å²) in [5.74, 6) is 0. The maximum Gasteiger partial charge on any atom is 0.0587 e. The molecule has 1 heterocycles. The fourth-order valence-electron chi connectivity index (χ4n) is 2.90. The molecule has 0 saturated carbocycles. The summed E-state index contributed by atoms with van der Waals surface area (Å²) in [6.07, 6.45) is 3.83. The molecule has 3 nitrogen and oxygen atoms in total. The zero-order valence-electron chi connectivity index (χ0n) is 13.0. The van der Waals surface area contributed by atoms with Crippen molar-refractivity contribution >= 4 is 0 Å². The van der Waals surface area contributed by atoms with E-state index in [0.29, 0.717) is 18.2 Å². The van der Waals surface area contributed by atoms with Crippen LogP contribution >= 0.6 is 0 Å². The van der Waals surface area contributed by atoms with Crippen LogP contribution in [0.2, 0.25) is 0 Å². The molecular formula is C17H28N2O. The van der Waals surface area contributed by atoms with Gasteiger partial charge in [-0.15, -0.1) is 0 Å². The average molecular weight is 276 g/mol. The first kappa shape index (κ1) is 15.5. The molecule has 1 aromatic carbocycles. The molecule has 3 unspecified atom stereocenters. The van der Waals surface area contributed by atoms with Crippen molar-refractivity contribution < 1.29 is 4.74 Å². The van der Waals surface area contributed by atoms with E-state index in [0.717, 1.165) is 32.4 Å². The van der Waals surface area contributed by atoms with Gasteiger partial charge in [0.15, 0.2) is 0 Å². The summed E-state index contributed by atoms with van der Waals surface area (Å²) in [6.45, 7) is 4.10. The summed E-state index contributed by atoms with van der Waals surface area (Å²) < 4.78 is 5.75. The predicted octanol–water partition coefficient (Wildman–Crippen LogP) is 2.84. The van der Waals surface area contributed by atoms with Gasteiger partial charge in [-0.25, -0.2) is 0 Å². The fraction of sp³-hybridized carbons (Fsp3) is 0.647. The molecular weight excluding hydrogens is 248 g/mol. The maximum absolute atomic E-state index is 5.75. The monoisotopic (exact) mass is 276 g/mol. The Kier molecular flexibility index (Phi) is 6.02. The molecule has 0 spiro atoms. The quantitative estimate of drug-likeness (QED) is 0.864. The van der Waals surface area contributed by atoms with Crippen molar-refractivity contribution in [1.82, 2.24) is 10.2 Å². The van der Waals surface area contributed by atoms with E-state index < -0.39 is 0 Å². The van der Waals surface area contributed by atoms with Gasteiger partial charge in [-0.05, 0) is 38.9 Å². The van der Waals surface area contributed by atoms with Gasteiger partial charge < -0.3 is 15.0 Å². The molecule has 20 heavy (non-hydrogen) atoms. The molecule has 1 aromatic rings. The molecule has 1 aliphatic heterocycles. The molecule has 1 aliphatic rings. The normalized spacial score (nSPS) is 24.8. The van der Waals surface area contributed by atoms with Crippen molar-refractivity contribution in [1.29, 1.82) is 0 Å². The minimum absolute atomic E-state index is 0.430. The molecule has 2 rings (SSSR count). The average Bonchev–Trinajstić information content (AvgIpc) is 2.48. The van der Waals surface area contributed by atoms with Gasteiger partial charge in [0, 0.05) is 25.2 Å². The Morgan fingerprint density at radius 2 is 2.05 bits per heavy atom. The van der Waals surface area contributed by atoms with Crippen LogP contribution in [-0.2, 0) is 4.74 Å². The first-order chi connectivity index (χ1) is 9.70. The molecule has 0 radical (unpaired) electrons. The first-order valence-electron chi connectivity index (χ1n) is 7.77. The van der Waals surface area contributed by atoms with Gasteiger partial charge in [-0.3, -0.25) is 0 Å². The van der Waals surface area contributed by atoms with Gasteiger partial charge in [0.05, 0.1) is 6.10 Å². The van der Waals surface area contributed by atoms with Crippen LogP contribution in [0.15, 0.2) is 30.3 Å². The molecule has 1 saturated heterocycles. The lowest BCUT2D eigenvalue weighted by atomic mass is 10.00. The van der Waals surface area contributed by atoms with Crippen LogP contribution < -0.4 is 5.32 Å². The second-order valence-corrected chi connectivity index (χ2v) is 5.92. The van der Waals surface area contributed by atoms with Crippen molar-refractivity contribution in [2.45, 2.75) is 44.4 Å². The Bertz CT molecular complexity index is 380. The summed E-state index contributed by atoms with van der Waals surface area (Å²) in [6, 6.07) is 11.8. The van der Waals surface area contributed by atoms with Gasteiger partial charge in [-0.1, -0.05) is 37.3 Å². The Morgan fingerprint density at radius 1 is 1.30 bits per heavy atom. The van der Waals surface area contributed by atoms with Crippen LogP contribution in [0, 0.1) is 0 Å². The van der Waals surface area contributed by atoms with Crippen molar-refractivity contribution in [2.24, 2.45) is 0 Å². The number of hydrogen-bond acceptors (Lipinski definition) is 3. The highest BCUT2D eigenvalue weighted by molar-refractivity contribution is 5.19. The lowest BCUT2D eigenvalue weighted by molar-refractivity contribution is -0.000877. The number of rotatable bonds is 6. The molecule has 3 heteroatoms. The second-order valence-electron chi connectivity index (χ2n) is 5.92. The first-order valence-corrected chi connectivity index (χ1v) is 7.77. The van der Waals surface area contributed by atoms with Crippen LogP contribution in [-0.4, -0.2) is 44.3 Å². The number of likely N-dealkylation sites (N-methyl/N-ethyl adjacent to an activating group) is 1. The minimum atomic E-state index is 0.430. The molecule has 0 aliphatic carbocycles. The van der Waals surface area contributed by atoms with Gasteiger partial charge in [0.1, 0.15) is 0 Å². The van der Waals surface area contributed by atoms with E-state index in [2.05, 4.69) is 61.6 Å². The third-order valence-electron chi connectivity index (χ3n) is 4.23. The maximum atomic E-state index is 5.75. The third-order valence-corrected chi connectivity index (χ3v) is 4.23. The number of ether oxygens (including phenoxy) is 1. The Hall–Kier alpha value is -0.900. The number of nitrogens with one attached hydrogen (secondary N) is 1. The number of nitrogens with zero attached hydrogens (tertiary/aromatic N) is 1. The van der Waals surface area contributed by atoms with E-state index in [1.54, 1.807) is 0 Å². The van der Waals surface area contributed by atoms with Crippen LogP contribution in [0.1, 0.15) is 37.8 Å². The van der Waals surface area contributed by atoms with E-state index >= 15 is 0 Å². The highest BCUT2D eigenvalue weighted by Crippen LogP contribution is 2.20. The highest BCUT2D eigenvalue weighted by atomic mass is 16.5. The minimum Gasteiger partial charge on any atom is -0.378 e. The Labute approximate surface area is 123 Å². The van der Waals surface area contributed by atoms with Crippen molar-refractivity contribution in [2.75, 3.05) is 27.2 Å². The SMILES string of the molecule is CCC1CC(NCC(c2ccccc2)N(C)C)CCO1. The van der Waals surface area contributed by atoms with Gasteiger partial charge in [0.25, 0.3) is 0 Å². The molecule has 112 valence electrons. The summed E-state index contributed by atoms with van der Waals surface area (Å²) in [5, 5.41) is 3.74. The highest BCUT2D eigenvalue weighted by Gasteiger charge is 2.22. The Morgan fingerprint density at radius 3 is 2.70 bits per heavy atom. The standard InChI is InChI=1S/C17H28N2O/c1-4-16-12-15(10-11-20-16)18-13-17(19(2)3)14-8-6-5-7-9-14/h5-9,15-18H,4,10-13H2,1-3H3. The van der Waals surface area contributed by atoms with Crippen LogP contribution in [0.3, 0.4) is 0 Å². The lowest BCUT2D eigenvalue weighted by Crippen LogP contribution is -2.42. The topological polar surface area (TPSA) is 24.5 Å². The largest absolute Gasteiger partial charge is 0.378 e. The van der Waals surface area contributed by atoms with Gasteiger partial charge in [0.2, 0.25) is 0 Å². The van der Waals surface area contributed by atoms with Crippen LogP contribution in [0.5, 0.6) is 0 Å². The molecule has 1 N–H and O–H groups in total. The number of hydrogen-bond donors (Lipinski definition) is 1. The smallest absolute Gasteiger partial charge is 0.0587 e. The zero-order valence-corrected chi connectivity index (χ0v) is 13.0. The zero-order chi connectivity index (χ0) is 14.4. The van der Waals surface area contributed by atoms with Crippen molar-refractivity contribution in [3.8, 4) is 0 Å². The van der Waals surface area contributed by atoms with Gasteiger partial charge in [-0.2, -0.15) is 0 Å². The summed E-state index contributed by atoms with van der Waals surface area (Å²) in [7, 11) is 4.30. The lowest BCUT2D eigenvalue weighted by Gasteiger charge is -2.32. The van der Waals surface area contributed by atoms with Crippen molar-refractivity contribution in [3.63, 3.8) is 0 Å². The van der Waals surface area contributed by atoms with E-state index in [4.69, 9.17) is 4.74 Å². The van der Waals surface area contributed by atoms with E-state index in [9.17, 15) is 0 Å². The number of benzene rings is 1. The fourth-order valence-corrected chi connectivity index (χ4v) is 2.90. The molecule has 3 atom stereocenters. The molecule has 0 bridgehead atoms. The predicted molar refractivity (Wildman–Crippen MR) is 83.9 cm³/mol. The summed E-state index contributed by atoms with van der Waals surface area (Å²) in [4.78, 5) is 2.29. The molecule has 1 fully saturated rings. The Balaban J connectivity index is 1.89. The summed E-state index contributed by atoms with van der Waals surface area (Å²) in [5.41, 5.74) is 1.38. The second kappa shape index (κ2) is 7.77.